The average Bonchev–Trinajstić information content (AvgIpc) is 2.40. The molecule has 0 aromatic heterocycles. The van der Waals surface area contributed by atoms with Gasteiger partial charge >= 0.3 is 0 Å². The third-order valence-corrected chi connectivity index (χ3v) is 2.33. The Morgan fingerprint density at radius 1 is 1.42 bits per heavy atom. The standard InChI is InChI=1S/C13H22N4O2/c1-4-19-12-8-6-5-7-11(12)16-13(17-14)15-10(2)9-18-3/h5-8,10H,4,9,14H2,1-3H3,(H2,15,16,17). The Kier molecular flexibility index (Phi) is 6.70. The Bertz CT molecular complexity index is 409. The van der Waals surface area contributed by atoms with Gasteiger partial charge in [-0.2, -0.15) is 0 Å². The van der Waals surface area contributed by atoms with E-state index in [1.54, 1.807) is 7.11 Å². The largest absolute Gasteiger partial charge is 0.492 e. The van der Waals surface area contributed by atoms with Crippen LogP contribution in [0, 0.1) is 0 Å². The van der Waals surface area contributed by atoms with Crippen molar-refractivity contribution in [1.29, 1.82) is 0 Å². The van der Waals surface area contributed by atoms with Crippen LogP contribution in [0.3, 0.4) is 0 Å². The molecule has 1 unspecified atom stereocenters. The monoisotopic (exact) mass is 266 g/mol. The quantitative estimate of drug-likeness (QED) is 0.313. The minimum Gasteiger partial charge on any atom is -0.492 e. The molecule has 1 atom stereocenters. The highest BCUT2D eigenvalue weighted by atomic mass is 16.5. The highest BCUT2D eigenvalue weighted by Crippen LogP contribution is 2.23. The number of hydrogen-bond acceptors (Lipinski definition) is 4. The average molecular weight is 266 g/mol. The predicted octanol–water partition coefficient (Wildman–Crippen LogP) is 1.35. The molecule has 0 amide bonds. The first-order chi connectivity index (χ1) is 9.21. The molecule has 1 rings (SSSR count). The van der Waals surface area contributed by atoms with Crippen LogP contribution in [0.1, 0.15) is 13.8 Å². The SMILES string of the molecule is CCOc1ccccc1NC(=NC(C)COC)NN. The van der Waals surface area contributed by atoms with E-state index in [4.69, 9.17) is 15.3 Å². The van der Waals surface area contributed by atoms with E-state index in [-0.39, 0.29) is 6.04 Å². The van der Waals surface area contributed by atoms with Gasteiger partial charge in [-0.05, 0) is 26.0 Å². The maximum atomic E-state index is 5.52. The molecule has 106 valence electrons. The lowest BCUT2D eigenvalue weighted by atomic mass is 10.3. The van der Waals surface area contributed by atoms with E-state index >= 15 is 0 Å². The number of nitrogens with two attached hydrogens (primary N) is 1. The van der Waals surface area contributed by atoms with Gasteiger partial charge in [0.25, 0.3) is 0 Å². The number of nitrogens with zero attached hydrogens (tertiary/aromatic N) is 1. The number of benzene rings is 1. The number of hydrogen-bond donors (Lipinski definition) is 3. The van der Waals surface area contributed by atoms with E-state index < -0.39 is 0 Å². The van der Waals surface area contributed by atoms with Crippen LogP contribution < -0.4 is 21.3 Å². The summed E-state index contributed by atoms with van der Waals surface area (Å²) in [5, 5.41) is 3.10. The fraction of sp³-hybridized carbons (Fsp3) is 0.462. The Labute approximate surface area is 114 Å². The van der Waals surface area contributed by atoms with Gasteiger partial charge in [0.2, 0.25) is 5.96 Å². The maximum absolute atomic E-state index is 5.52. The van der Waals surface area contributed by atoms with Crippen LogP contribution in [0.15, 0.2) is 29.3 Å². The van der Waals surface area contributed by atoms with E-state index in [0.29, 0.717) is 19.2 Å². The minimum absolute atomic E-state index is 0.00260. The summed E-state index contributed by atoms with van der Waals surface area (Å²) in [6.45, 7) is 5.01. The number of aliphatic imine (C=N–C) groups is 1. The van der Waals surface area contributed by atoms with Crippen molar-refractivity contribution in [2.45, 2.75) is 19.9 Å². The molecule has 0 saturated carbocycles. The minimum atomic E-state index is 0.00260. The summed E-state index contributed by atoms with van der Waals surface area (Å²) in [5.74, 6) is 6.69. The fourth-order valence-corrected chi connectivity index (χ4v) is 1.58. The molecular formula is C13H22N4O2. The molecule has 6 heteroatoms. The second-order valence-electron chi connectivity index (χ2n) is 3.98. The summed E-state index contributed by atoms with van der Waals surface area (Å²) < 4.78 is 10.6. The van der Waals surface area contributed by atoms with Crippen molar-refractivity contribution in [2.24, 2.45) is 10.8 Å². The molecule has 0 saturated heterocycles. The molecular weight excluding hydrogens is 244 g/mol. The Morgan fingerprint density at radius 2 is 2.16 bits per heavy atom. The Hall–Kier alpha value is -1.79. The molecule has 0 radical (unpaired) electrons. The lowest BCUT2D eigenvalue weighted by Crippen LogP contribution is -2.37. The highest BCUT2D eigenvalue weighted by Gasteiger charge is 2.06. The molecule has 1 aromatic rings. The number of anilines is 1. The summed E-state index contributed by atoms with van der Waals surface area (Å²) in [5.41, 5.74) is 3.35. The first-order valence-electron chi connectivity index (χ1n) is 6.23. The van der Waals surface area contributed by atoms with Crippen molar-refractivity contribution in [2.75, 3.05) is 25.6 Å². The number of ether oxygens (including phenoxy) is 2. The van der Waals surface area contributed by atoms with Crippen LogP contribution in [0.5, 0.6) is 5.75 Å². The van der Waals surface area contributed by atoms with E-state index in [1.165, 1.54) is 0 Å². The topological polar surface area (TPSA) is 80.9 Å². The second kappa shape index (κ2) is 8.34. The molecule has 19 heavy (non-hydrogen) atoms. The van der Waals surface area contributed by atoms with Crippen LogP contribution in [0.25, 0.3) is 0 Å². The number of para-hydroxylation sites is 2. The lowest BCUT2D eigenvalue weighted by molar-refractivity contribution is 0.185. The normalized spacial score (nSPS) is 12.9. The van der Waals surface area contributed by atoms with Gasteiger partial charge in [0.15, 0.2) is 0 Å². The highest BCUT2D eigenvalue weighted by molar-refractivity contribution is 5.94. The summed E-state index contributed by atoms with van der Waals surface area (Å²) in [4.78, 5) is 4.37. The summed E-state index contributed by atoms with van der Waals surface area (Å²) >= 11 is 0. The maximum Gasteiger partial charge on any atom is 0.210 e. The van der Waals surface area contributed by atoms with Crippen LogP contribution in [-0.2, 0) is 4.74 Å². The van der Waals surface area contributed by atoms with Crippen LogP contribution in [0.2, 0.25) is 0 Å². The number of rotatable bonds is 6. The van der Waals surface area contributed by atoms with Gasteiger partial charge < -0.3 is 14.8 Å². The fourth-order valence-electron chi connectivity index (χ4n) is 1.58. The molecule has 0 aliphatic rings. The third-order valence-electron chi connectivity index (χ3n) is 2.33. The van der Waals surface area contributed by atoms with Gasteiger partial charge in [0.1, 0.15) is 5.75 Å². The summed E-state index contributed by atoms with van der Waals surface area (Å²) in [6.07, 6.45) is 0. The van der Waals surface area contributed by atoms with Crippen molar-refractivity contribution in [3.63, 3.8) is 0 Å². The number of hydrazine groups is 1. The zero-order valence-corrected chi connectivity index (χ0v) is 11.6. The molecule has 0 aliphatic heterocycles. The predicted molar refractivity (Wildman–Crippen MR) is 77.3 cm³/mol. The van der Waals surface area contributed by atoms with Crippen molar-refractivity contribution in [3.05, 3.63) is 24.3 Å². The summed E-state index contributed by atoms with van der Waals surface area (Å²) in [7, 11) is 1.64. The van der Waals surface area contributed by atoms with Gasteiger partial charge in [0, 0.05) is 7.11 Å². The smallest absolute Gasteiger partial charge is 0.210 e. The number of methoxy groups -OCH3 is 1. The van der Waals surface area contributed by atoms with E-state index in [2.05, 4.69) is 15.7 Å². The molecule has 4 N–H and O–H groups in total. The van der Waals surface area contributed by atoms with E-state index in [0.717, 1.165) is 11.4 Å². The van der Waals surface area contributed by atoms with Crippen molar-refractivity contribution in [1.82, 2.24) is 5.43 Å². The number of guanidine groups is 1. The van der Waals surface area contributed by atoms with Crippen molar-refractivity contribution in [3.8, 4) is 5.75 Å². The third kappa shape index (κ3) is 5.15. The molecule has 0 heterocycles. The van der Waals surface area contributed by atoms with Crippen LogP contribution in [-0.4, -0.2) is 32.3 Å². The summed E-state index contributed by atoms with van der Waals surface area (Å²) in [6, 6.07) is 7.62. The van der Waals surface area contributed by atoms with Crippen molar-refractivity contribution >= 4 is 11.6 Å². The molecule has 0 fully saturated rings. The van der Waals surface area contributed by atoms with Crippen molar-refractivity contribution < 1.29 is 9.47 Å². The second-order valence-corrected chi connectivity index (χ2v) is 3.98. The first kappa shape index (κ1) is 15.3. The van der Waals surface area contributed by atoms with Gasteiger partial charge in [-0.1, -0.05) is 12.1 Å². The van der Waals surface area contributed by atoms with E-state index in [9.17, 15) is 0 Å². The Balaban J connectivity index is 2.80. The Morgan fingerprint density at radius 3 is 2.79 bits per heavy atom. The zero-order valence-electron chi connectivity index (χ0n) is 11.6. The van der Waals surface area contributed by atoms with Gasteiger partial charge in [0.05, 0.1) is 24.9 Å². The van der Waals surface area contributed by atoms with Gasteiger partial charge in [-0.25, -0.2) is 10.8 Å². The number of nitrogens with one attached hydrogen (secondary N) is 2. The lowest BCUT2D eigenvalue weighted by Gasteiger charge is -2.15. The molecule has 0 spiro atoms. The van der Waals surface area contributed by atoms with Crippen LogP contribution >= 0.6 is 0 Å². The zero-order chi connectivity index (χ0) is 14.1. The first-order valence-corrected chi connectivity index (χ1v) is 6.23. The molecule has 0 aliphatic carbocycles. The molecule has 0 bridgehead atoms. The van der Waals surface area contributed by atoms with Crippen LogP contribution in [0.4, 0.5) is 5.69 Å². The van der Waals surface area contributed by atoms with Gasteiger partial charge in [-0.3, -0.25) is 5.43 Å². The van der Waals surface area contributed by atoms with E-state index in [1.807, 2.05) is 38.1 Å². The van der Waals surface area contributed by atoms with Gasteiger partial charge in [-0.15, -0.1) is 0 Å². The molecule has 1 aromatic carbocycles. The molecule has 6 nitrogen and oxygen atoms in total.